The van der Waals surface area contributed by atoms with Crippen LogP contribution in [0.1, 0.15) is 20.9 Å². The van der Waals surface area contributed by atoms with Crippen molar-refractivity contribution in [2.75, 3.05) is 0 Å². The van der Waals surface area contributed by atoms with Gasteiger partial charge in [0.25, 0.3) is 0 Å². The quantitative estimate of drug-likeness (QED) is 0.148. The first kappa shape index (κ1) is 27.4. The van der Waals surface area contributed by atoms with E-state index in [1.165, 1.54) is 12.4 Å². The Balaban J connectivity index is 1.60. The summed E-state index contributed by atoms with van der Waals surface area (Å²) >= 11 is 1.06. The first-order chi connectivity index (χ1) is 19.1. The number of Topliss-reactive ketones (excluding diaryl/α,β-unsaturated/α-hetero) is 1. The van der Waals surface area contributed by atoms with E-state index in [4.69, 9.17) is 0 Å². The van der Waals surface area contributed by atoms with Crippen molar-refractivity contribution < 1.29 is 30.8 Å². The first-order valence-corrected chi connectivity index (χ1v) is 14.2. The fraction of sp³-hybridized carbons (Fsp3) is 0.0690. The number of sulfone groups is 1. The Morgan fingerprint density at radius 3 is 2.27 bits per heavy atom. The molecule has 0 saturated heterocycles. The van der Waals surface area contributed by atoms with Crippen LogP contribution in [0.25, 0.3) is 21.7 Å². The molecule has 202 valence electrons. The molecule has 40 heavy (non-hydrogen) atoms. The number of rotatable bonds is 8. The maximum Gasteiger partial charge on any atom is 0.185 e. The molecule has 11 heteroatoms. The molecule has 0 aliphatic carbocycles. The van der Waals surface area contributed by atoms with E-state index in [0.717, 1.165) is 29.5 Å². The molecular weight excluding hydrogens is 564 g/mol. The van der Waals surface area contributed by atoms with Crippen LogP contribution < -0.4 is 0 Å². The highest BCUT2D eigenvalue weighted by Gasteiger charge is 2.28. The van der Waals surface area contributed by atoms with E-state index in [1.807, 2.05) is 0 Å². The highest BCUT2D eigenvalue weighted by Crippen LogP contribution is 2.40. The van der Waals surface area contributed by atoms with Crippen molar-refractivity contribution in [3.63, 3.8) is 0 Å². The van der Waals surface area contributed by atoms with E-state index < -0.39 is 54.9 Å². The predicted octanol–water partition coefficient (Wildman–Crippen LogP) is 6.83. The Labute approximate surface area is 230 Å². The van der Waals surface area contributed by atoms with E-state index in [9.17, 15) is 22.0 Å². The normalized spacial score (nSPS) is 11.5. The molecule has 5 nitrogen and oxygen atoms in total. The molecule has 0 radical (unpaired) electrons. The molecular formula is C29H18F4N2O3S2. The van der Waals surface area contributed by atoms with Crippen LogP contribution in [-0.2, 0) is 22.0 Å². The molecule has 3 aromatic carbocycles. The molecule has 0 spiro atoms. The average Bonchev–Trinajstić information content (AvgIpc) is 3.35. The van der Waals surface area contributed by atoms with Crippen LogP contribution in [0.15, 0.2) is 90.1 Å². The van der Waals surface area contributed by atoms with Gasteiger partial charge in [-0.15, -0.1) is 11.3 Å². The highest BCUT2D eigenvalue weighted by molar-refractivity contribution is 7.90. The molecule has 0 unspecified atom stereocenters. The van der Waals surface area contributed by atoms with Gasteiger partial charge in [0, 0.05) is 23.5 Å². The zero-order valence-corrected chi connectivity index (χ0v) is 22.1. The van der Waals surface area contributed by atoms with Crippen LogP contribution in [0.5, 0.6) is 0 Å². The van der Waals surface area contributed by atoms with Gasteiger partial charge in [0.1, 0.15) is 33.2 Å². The van der Waals surface area contributed by atoms with Crippen LogP contribution in [0.3, 0.4) is 0 Å². The van der Waals surface area contributed by atoms with E-state index in [-0.39, 0.29) is 22.9 Å². The molecule has 2 heterocycles. The van der Waals surface area contributed by atoms with Gasteiger partial charge in [-0.05, 0) is 42.0 Å². The third kappa shape index (κ3) is 5.56. The number of ketones is 1. The van der Waals surface area contributed by atoms with Gasteiger partial charge in [0.15, 0.2) is 15.6 Å². The third-order valence-corrected chi connectivity index (χ3v) is 8.78. The molecule has 5 rings (SSSR count). The average molecular weight is 583 g/mol. The molecule has 0 atom stereocenters. The number of carbonyl (C=O) groups excluding carboxylic acids is 1. The van der Waals surface area contributed by atoms with Gasteiger partial charge >= 0.3 is 0 Å². The Bertz CT molecular complexity index is 1830. The fourth-order valence-corrected chi connectivity index (χ4v) is 6.61. The van der Waals surface area contributed by atoms with Gasteiger partial charge in [-0.3, -0.25) is 9.78 Å². The largest absolute Gasteiger partial charge is 0.294 e. The van der Waals surface area contributed by atoms with Crippen molar-refractivity contribution in [2.45, 2.75) is 17.1 Å². The molecule has 0 saturated carbocycles. The Kier molecular flexibility index (Phi) is 7.59. The molecule has 5 aromatic rings. The van der Waals surface area contributed by atoms with Crippen LogP contribution in [0.2, 0.25) is 0 Å². The number of hydrogen-bond donors (Lipinski definition) is 0. The minimum absolute atomic E-state index is 0.127. The van der Waals surface area contributed by atoms with Gasteiger partial charge in [0.2, 0.25) is 0 Å². The van der Waals surface area contributed by atoms with Crippen molar-refractivity contribution in [1.29, 1.82) is 0 Å². The second-order valence-electron chi connectivity index (χ2n) is 8.72. The number of nitrogens with zero attached hydrogens (tertiary/aromatic N) is 2. The number of thiazole rings is 1. The van der Waals surface area contributed by atoms with E-state index in [2.05, 4.69) is 9.97 Å². The van der Waals surface area contributed by atoms with Gasteiger partial charge in [-0.1, -0.05) is 36.4 Å². The lowest BCUT2D eigenvalue weighted by molar-refractivity contribution is 0.0993. The predicted molar refractivity (Wildman–Crippen MR) is 142 cm³/mol. The third-order valence-electron chi connectivity index (χ3n) is 6.00. The fourth-order valence-electron chi connectivity index (χ4n) is 4.09. The second kappa shape index (κ2) is 11.1. The molecule has 0 aliphatic rings. The number of aromatic nitrogens is 2. The minimum atomic E-state index is -4.55. The number of halogens is 4. The summed E-state index contributed by atoms with van der Waals surface area (Å²) in [5, 5.41) is 0.286. The zero-order chi connectivity index (χ0) is 28.4. The van der Waals surface area contributed by atoms with E-state index in [0.29, 0.717) is 28.1 Å². The van der Waals surface area contributed by atoms with Crippen molar-refractivity contribution in [1.82, 2.24) is 9.97 Å². The number of carbonyl (C=O) groups is 1. The van der Waals surface area contributed by atoms with E-state index in [1.54, 1.807) is 42.5 Å². The van der Waals surface area contributed by atoms with Gasteiger partial charge in [0.05, 0.1) is 28.3 Å². The van der Waals surface area contributed by atoms with Crippen LogP contribution in [0.4, 0.5) is 17.6 Å². The van der Waals surface area contributed by atoms with E-state index >= 15 is 8.78 Å². The monoisotopic (exact) mass is 582 g/mol. The molecule has 0 N–H and O–H groups in total. The molecule has 0 amide bonds. The maximum atomic E-state index is 15.9. The van der Waals surface area contributed by atoms with Gasteiger partial charge in [-0.2, -0.15) is 0 Å². The summed E-state index contributed by atoms with van der Waals surface area (Å²) in [5.74, 6) is -5.72. The molecule has 0 fully saturated rings. The zero-order valence-electron chi connectivity index (χ0n) is 20.4. The standard InChI is InChI=1S/C29H18F4N2O3S2/c30-20-7-9-21(31)24(14-20)40(37,38)16-19-6-8-22(32)26(27(19)33)28-29(18-10-12-34-13-11-18)39-25(35-28)15-23(36)17-4-2-1-3-5-17/h1-14H,15-16H2. The van der Waals surface area contributed by atoms with Crippen molar-refractivity contribution in [3.05, 3.63) is 125 Å². The number of pyridine rings is 1. The number of hydrogen-bond acceptors (Lipinski definition) is 6. The molecule has 0 aliphatic heterocycles. The molecule has 2 aromatic heterocycles. The highest BCUT2D eigenvalue weighted by atomic mass is 32.2. The summed E-state index contributed by atoms with van der Waals surface area (Å²) in [7, 11) is -4.55. The summed E-state index contributed by atoms with van der Waals surface area (Å²) < 4.78 is 84.7. The summed E-state index contributed by atoms with van der Waals surface area (Å²) in [5.41, 5.74) is -0.221. The lowest BCUT2D eigenvalue weighted by Crippen LogP contribution is -2.10. The Morgan fingerprint density at radius 1 is 0.850 bits per heavy atom. The van der Waals surface area contributed by atoms with Crippen LogP contribution in [0, 0.1) is 23.3 Å². The van der Waals surface area contributed by atoms with Gasteiger partial charge in [-0.25, -0.2) is 31.0 Å². The maximum absolute atomic E-state index is 15.9. The minimum Gasteiger partial charge on any atom is -0.294 e. The van der Waals surface area contributed by atoms with Gasteiger partial charge < -0.3 is 0 Å². The van der Waals surface area contributed by atoms with Crippen LogP contribution >= 0.6 is 11.3 Å². The Morgan fingerprint density at radius 2 is 1.55 bits per heavy atom. The van der Waals surface area contributed by atoms with Crippen molar-refractivity contribution in [2.24, 2.45) is 0 Å². The van der Waals surface area contributed by atoms with Crippen LogP contribution in [-0.4, -0.2) is 24.2 Å². The summed E-state index contributed by atoms with van der Waals surface area (Å²) in [6.45, 7) is 0. The summed E-state index contributed by atoms with van der Waals surface area (Å²) in [6, 6.07) is 15.4. The summed E-state index contributed by atoms with van der Waals surface area (Å²) in [4.78, 5) is 20.6. The number of benzene rings is 3. The van der Waals surface area contributed by atoms with Crippen molar-refractivity contribution >= 4 is 27.0 Å². The second-order valence-corrected chi connectivity index (χ2v) is 11.8. The smallest absolute Gasteiger partial charge is 0.185 e. The lowest BCUT2D eigenvalue weighted by atomic mass is 10.0. The van der Waals surface area contributed by atoms with Crippen molar-refractivity contribution in [3.8, 4) is 21.7 Å². The topological polar surface area (TPSA) is 77.0 Å². The molecule has 0 bridgehead atoms. The lowest BCUT2D eigenvalue weighted by Gasteiger charge is -2.11. The first-order valence-electron chi connectivity index (χ1n) is 11.8. The summed E-state index contributed by atoms with van der Waals surface area (Å²) in [6.07, 6.45) is 2.83. The SMILES string of the molecule is O=C(Cc1nc(-c2c(F)ccc(CS(=O)(=O)c3cc(F)ccc3F)c2F)c(-c2ccncc2)s1)c1ccccc1. The Hall–Kier alpha value is -4.22.